The van der Waals surface area contributed by atoms with Gasteiger partial charge in [-0.2, -0.15) is 0 Å². The Kier molecular flexibility index (Phi) is 14.4. The largest absolute Gasteiger partial charge is 1.00 e. The minimum atomic E-state index is -0.555. The maximum atomic E-state index is 2.61. The Bertz CT molecular complexity index is 1370. The van der Waals surface area contributed by atoms with E-state index in [2.05, 4.69) is 189 Å². The number of benzene rings is 6. The first-order valence-corrected chi connectivity index (χ1v) is 19.9. The second-order valence-corrected chi connectivity index (χ2v) is 18.2. The van der Waals surface area contributed by atoms with Crippen LogP contribution in [0.5, 0.6) is 0 Å². The molecule has 0 unspecified atom stereocenters. The van der Waals surface area contributed by atoms with Crippen LogP contribution in [0, 0.1) is 5.41 Å². The molecule has 46 heavy (non-hydrogen) atoms. The Morgan fingerprint density at radius 3 is 0.630 bits per heavy atom. The van der Waals surface area contributed by atoms with E-state index >= 15 is 0 Å². The molecule has 0 amide bonds. The maximum Gasteiger partial charge on any atom is 1.00 e. The molecule has 0 N–H and O–H groups in total. The molecule has 6 aromatic carbocycles. The molecule has 0 nitrogen and oxygen atoms in total. The van der Waals surface area contributed by atoms with Gasteiger partial charge in [0.15, 0.2) is 0 Å². The van der Waals surface area contributed by atoms with E-state index < -0.39 is 23.8 Å². The number of hydrogen-bond acceptors (Lipinski definition) is 0. The fourth-order valence-electron chi connectivity index (χ4n) is 5.94. The van der Waals surface area contributed by atoms with Gasteiger partial charge in [0.05, 0.1) is 0 Å². The van der Waals surface area contributed by atoms with Gasteiger partial charge in [0, 0.05) is 0 Å². The van der Waals surface area contributed by atoms with Crippen LogP contribution in [0.1, 0.15) is 6.92 Å². The Labute approximate surface area is 298 Å². The Balaban J connectivity index is 0.00000240. The summed E-state index contributed by atoms with van der Waals surface area (Å²) in [5.41, 5.74) is 0.0756. The van der Waals surface area contributed by atoms with Crippen molar-refractivity contribution in [1.82, 2.24) is 0 Å². The first-order chi connectivity index (χ1) is 21.7. The first kappa shape index (κ1) is 36.4. The van der Waals surface area contributed by atoms with E-state index in [1.165, 1.54) is 31.8 Å². The van der Waals surface area contributed by atoms with E-state index in [9.17, 15) is 0 Å². The van der Waals surface area contributed by atoms with Gasteiger partial charge in [-0.25, -0.2) is 0 Å². The number of hydrogen-bond donors (Lipinski definition) is 0. The van der Waals surface area contributed by atoms with Crippen molar-refractivity contribution in [1.29, 1.82) is 0 Å². The number of rotatable bonds is 12. The average Bonchev–Trinajstić information content (AvgIpc) is 3.11. The Hall–Kier alpha value is -2.48. The predicted molar refractivity (Wildman–Crippen MR) is 200 cm³/mol. The van der Waals surface area contributed by atoms with E-state index in [0.29, 0.717) is 0 Å². The maximum absolute atomic E-state index is 2.61. The fraction of sp³-hybridized carbons (Fsp3) is 0.122. The van der Waals surface area contributed by atoms with Crippen LogP contribution in [0.25, 0.3) is 0 Å². The topological polar surface area (TPSA) is 0 Å². The zero-order valence-corrected chi connectivity index (χ0v) is 31.1. The van der Waals surface area contributed by atoms with Crippen molar-refractivity contribution in [3.05, 3.63) is 182 Å². The molecule has 0 saturated carbocycles. The van der Waals surface area contributed by atoms with Gasteiger partial charge in [0.25, 0.3) is 0 Å². The molecule has 0 bridgehead atoms. The molecule has 0 atom stereocenters. The summed E-state index contributed by atoms with van der Waals surface area (Å²) in [4.78, 5) is 0. The third-order valence-electron chi connectivity index (χ3n) is 8.03. The summed E-state index contributed by atoms with van der Waals surface area (Å²) in [6.45, 7) is 2.61. The van der Waals surface area contributed by atoms with Gasteiger partial charge in [0.1, 0.15) is 0 Å². The van der Waals surface area contributed by atoms with Crippen LogP contribution in [-0.2, 0) is 19.5 Å². The zero-order chi connectivity index (χ0) is 30.0. The molecular formula is C41H39ClP3Rh. The van der Waals surface area contributed by atoms with Crippen LogP contribution >= 0.6 is 23.8 Å². The Morgan fingerprint density at radius 2 is 0.478 bits per heavy atom. The number of halogens is 1. The second-order valence-electron chi connectivity index (χ2n) is 11.6. The van der Waals surface area contributed by atoms with Crippen molar-refractivity contribution in [3.8, 4) is 0 Å². The molecule has 0 radical (unpaired) electrons. The van der Waals surface area contributed by atoms with Gasteiger partial charge in [-0.05, 0) is 79.5 Å². The molecule has 6 rings (SSSR count). The van der Waals surface area contributed by atoms with Crippen LogP contribution in [0.4, 0.5) is 0 Å². The van der Waals surface area contributed by atoms with Crippen LogP contribution in [0.3, 0.4) is 0 Å². The minimum Gasteiger partial charge on any atom is -1.00 e. The molecule has 234 valence electrons. The van der Waals surface area contributed by atoms with E-state index in [1.54, 1.807) is 0 Å². The molecule has 0 aliphatic carbocycles. The summed E-state index contributed by atoms with van der Waals surface area (Å²) < 4.78 is 0. The van der Waals surface area contributed by atoms with Crippen LogP contribution in [0.2, 0.25) is 0 Å². The molecule has 6 aromatic rings. The van der Waals surface area contributed by atoms with Crippen LogP contribution in [0.15, 0.2) is 182 Å². The molecule has 0 heterocycles. The van der Waals surface area contributed by atoms with Gasteiger partial charge in [-0.3, -0.25) is 0 Å². The standard InChI is InChI=1S/C41H39P3.ClH.Rh/c1-41(32-42(35-20-8-2-9-21-35)36-22-10-3-11-23-36,33-43(37-24-12-4-13-25-37)38-26-14-5-15-27-38)34-44(39-28-16-6-17-29-39)40-30-18-7-19-31-40;;/h2-31H,32-34H2,1H3;1H;/q;;+1/p-1. The molecule has 0 aliphatic heterocycles. The molecule has 5 heteroatoms. The van der Waals surface area contributed by atoms with E-state index in [-0.39, 0.29) is 37.3 Å². The van der Waals surface area contributed by atoms with Crippen LogP contribution in [-0.4, -0.2) is 18.5 Å². The van der Waals surface area contributed by atoms with Crippen molar-refractivity contribution in [3.63, 3.8) is 0 Å². The molecule has 0 spiro atoms. The van der Waals surface area contributed by atoms with Crippen molar-refractivity contribution in [2.75, 3.05) is 18.5 Å². The summed E-state index contributed by atoms with van der Waals surface area (Å²) in [7, 11) is -1.66. The van der Waals surface area contributed by atoms with Gasteiger partial charge in [-0.1, -0.05) is 189 Å². The average molecular weight is 763 g/mol. The zero-order valence-electron chi connectivity index (χ0n) is 26.0. The fourth-order valence-corrected chi connectivity index (χ4v) is 14.6. The first-order valence-electron chi connectivity index (χ1n) is 15.3. The predicted octanol–water partition coefficient (Wildman–Crippen LogP) is 5.39. The molecule has 0 aliphatic rings. The quantitative estimate of drug-likeness (QED) is 0.116. The van der Waals surface area contributed by atoms with Crippen molar-refractivity contribution in [2.45, 2.75) is 6.92 Å². The van der Waals surface area contributed by atoms with E-state index in [0.717, 1.165) is 18.5 Å². The normalized spacial score (nSPS) is 11.2. The molecule has 0 fully saturated rings. The van der Waals surface area contributed by atoms with Crippen LogP contribution < -0.4 is 44.2 Å². The van der Waals surface area contributed by atoms with E-state index in [1.807, 2.05) is 0 Å². The van der Waals surface area contributed by atoms with Gasteiger partial charge >= 0.3 is 19.5 Å². The molecular weight excluding hydrogens is 724 g/mol. The van der Waals surface area contributed by atoms with Gasteiger partial charge in [0.2, 0.25) is 0 Å². The summed E-state index contributed by atoms with van der Waals surface area (Å²) in [5.74, 6) is 0. The Morgan fingerprint density at radius 1 is 0.326 bits per heavy atom. The third-order valence-corrected chi connectivity index (χ3v) is 16.8. The summed E-state index contributed by atoms with van der Waals surface area (Å²) >= 11 is 0. The summed E-state index contributed by atoms with van der Waals surface area (Å²) in [6, 6.07) is 67.7. The molecule has 0 saturated heterocycles. The van der Waals surface area contributed by atoms with Crippen molar-refractivity contribution < 1.29 is 31.9 Å². The van der Waals surface area contributed by atoms with Crippen molar-refractivity contribution in [2.24, 2.45) is 5.41 Å². The van der Waals surface area contributed by atoms with E-state index in [4.69, 9.17) is 0 Å². The summed E-state index contributed by atoms with van der Waals surface area (Å²) in [5, 5.41) is 8.79. The summed E-state index contributed by atoms with van der Waals surface area (Å²) in [6.07, 6.45) is 3.44. The smallest absolute Gasteiger partial charge is 1.00 e. The minimum absolute atomic E-state index is 0. The SMILES string of the molecule is CC(CP(c1ccccc1)c1ccccc1)(CP(c1ccccc1)c1ccccc1)CP(c1ccccc1)c1ccccc1.[Cl-].[Rh+]. The monoisotopic (exact) mass is 762 g/mol. The molecule has 0 aromatic heterocycles. The van der Waals surface area contributed by atoms with Gasteiger partial charge in [-0.15, -0.1) is 0 Å². The van der Waals surface area contributed by atoms with Gasteiger partial charge < -0.3 is 12.4 Å². The van der Waals surface area contributed by atoms with Crippen molar-refractivity contribution >= 4 is 55.6 Å². The third kappa shape index (κ3) is 9.54. The second kappa shape index (κ2) is 18.2.